The van der Waals surface area contributed by atoms with Gasteiger partial charge in [0, 0.05) is 13.2 Å². The van der Waals surface area contributed by atoms with Gasteiger partial charge in [0.15, 0.2) is 5.78 Å². The zero-order valence-corrected chi connectivity index (χ0v) is 15.7. The van der Waals surface area contributed by atoms with Gasteiger partial charge in [0.25, 0.3) is 0 Å². The quantitative estimate of drug-likeness (QED) is 0.656. The third kappa shape index (κ3) is 2.30. The standard InChI is InChI=1S/C22H29NO2/c1-21-10-8-18-16(17(21)7-5-14(21)9-11-23)6-4-15-12-19(24)20(25-3)13-22(15,18)2/h9,12,16-18,20H,4-8,10,13H2,1-3H3. The van der Waals surface area contributed by atoms with Crippen molar-refractivity contribution < 1.29 is 9.53 Å². The van der Waals surface area contributed by atoms with Crippen LogP contribution >= 0.6 is 0 Å². The molecule has 0 aliphatic heterocycles. The zero-order chi connectivity index (χ0) is 17.8. The van der Waals surface area contributed by atoms with E-state index in [0.717, 1.165) is 25.2 Å². The summed E-state index contributed by atoms with van der Waals surface area (Å²) in [7, 11) is 1.67. The Bertz CT molecular complexity index is 699. The molecule has 25 heavy (non-hydrogen) atoms. The van der Waals surface area contributed by atoms with E-state index in [1.54, 1.807) is 7.11 Å². The number of nitriles is 1. The number of allylic oxidation sites excluding steroid dienone is 3. The second-order valence-corrected chi connectivity index (χ2v) is 9.13. The molecule has 0 amide bonds. The molecule has 0 aromatic rings. The Kier molecular flexibility index (Phi) is 3.96. The summed E-state index contributed by atoms with van der Waals surface area (Å²) in [5.41, 5.74) is 3.10. The van der Waals surface area contributed by atoms with Crippen molar-refractivity contribution in [3.05, 3.63) is 23.3 Å². The first-order valence-electron chi connectivity index (χ1n) is 9.81. The fourth-order valence-electron chi connectivity index (χ4n) is 6.96. The van der Waals surface area contributed by atoms with Gasteiger partial charge in [0.05, 0.1) is 6.07 Å². The van der Waals surface area contributed by atoms with Crippen molar-refractivity contribution in [1.29, 1.82) is 5.26 Å². The van der Waals surface area contributed by atoms with E-state index in [4.69, 9.17) is 10.00 Å². The first kappa shape index (κ1) is 17.0. The van der Waals surface area contributed by atoms with Crippen LogP contribution in [0.1, 0.15) is 58.8 Å². The number of ketones is 1. The Labute approximate surface area is 151 Å². The van der Waals surface area contributed by atoms with Crippen molar-refractivity contribution in [2.24, 2.45) is 28.6 Å². The molecule has 134 valence electrons. The number of carbonyl (C=O) groups excluding carboxylic acids is 1. The average Bonchev–Trinajstić information content (AvgIpc) is 2.92. The number of fused-ring (bicyclic) bond motifs is 5. The van der Waals surface area contributed by atoms with Gasteiger partial charge in [-0.3, -0.25) is 4.79 Å². The van der Waals surface area contributed by atoms with Crippen LogP contribution in [0.4, 0.5) is 0 Å². The molecule has 0 aromatic carbocycles. The van der Waals surface area contributed by atoms with Crippen molar-refractivity contribution in [2.75, 3.05) is 7.11 Å². The van der Waals surface area contributed by atoms with Crippen LogP contribution in [0.25, 0.3) is 0 Å². The maximum atomic E-state index is 12.3. The maximum Gasteiger partial charge on any atom is 0.184 e. The number of ether oxygens (including phenoxy) is 1. The van der Waals surface area contributed by atoms with Crippen LogP contribution in [0.2, 0.25) is 0 Å². The first-order chi connectivity index (χ1) is 11.9. The molecule has 3 heteroatoms. The van der Waals surface area contributed by atoms with Gasteiger partial charge in [-0.25, -0.2) is 0 Å². The number of rotatable bonds is 1. The molecule has 3 nitrogen and oxygen atoms in total. The second kappa shape index (κ2) is 5.81. The van der Waals surface area contributed by atoms with E-state index in [2.05, 4.69) is 19.9 Å². The van der Waals surface area contributed by atoms with Gasteiger partial charge < -0.3 is 4.74 Å². The lowest BCUT2D eigenvalue weighted by atomic mass is 9.47. The molecule has 4 aliphatic rings. The van der Waals surface area contributed by atoms with Gasteiger partial charge in [-0.15, -0.1) is 0 Å². The molecular formula is C22H29NO2. The van der Waals surface area contributed by atoms with E-state index >= 15 is 0 Å². The van der Waals surface area contributed by atoms with E-state index in [0.29, 0.717) is 11.8 Å². The fourth-order valence-corrected chi connectivity index (χ4v) is 6.96. The normalized spacial score (nSPS) is 47.5. The van der Waals surface area contributed by atoms with E-state index in [-0.39, 0.29) is 22.7 Å². The molecule has 3 fully saturated rings. The van der Waals surface area contributed by atoms with Crippen LogP contribution in [0, 0.1) is 39.9 Å². The van der Waals surface area contributed by atoms with Gasteiger partial charge in [-0.1, -0.05) is 25.0 Å². The van der Waals surface area contributed by atoms with Crippen molar-refractivity contribution in [3.63, 3.8) is 0 Å². The van der Waals surface area contributed by atoms with Crippen LogP contribution in [0.3, 0.4) is 0 Å². The topological polar surface area (TPSA) is 50.1 Å². The highest BCUT2D eigenvalue weighted by Gasteiger charge is 2.58. The minimum absolute atomic E-state index is 0.112. The highest BCUT2D eigenvalue weighted by molar-refractivity contribution is 5.95. The Hall–Kier alpha value is -1.40. The molecule has 6 unspecified atom stereocenters. The van der Waals surface area contributed by atoms with Crippen molar-refractivity contribution in [2.45, 2.75) is 64.9 Å². The van der Waals surface area contributed by atoms with Gasteiger partial charge >= 0.3 is 0 Å². The molecule has 0 saturated heterocycles. The summed E-state index contributed by atoms with van der Waals surface area (Å²) >= 11 is 0. The number of methoxy groups -OCH3 is 1. The molecule has 0 radical (unpaired) electrons. The van der Waals surface area contributed by atoms with E-state index in [1.165, 1.54) is 36.8 Å². The summed E-state index contributed by atoms with van der Waals surface area (Å²) in [6.07, 6.45) is 11.3. The Morgan fingerprint density at radius 3 is 2.68 bits per heavy atom. The lowest BCUT2D eigenvalue weighted by Crippen LogP contribution is -2.51. The largest absolute Gasteiger partial charge is 0.373 e. The van der Waals surface area contributed by atoms with Crippen molar-refractivity contribution in [3.8, 4) is 6.07 Å². The van der Waals surface area contributed by atoms with Crippen molar-refractivity contribution >= 4 is 5.78 Å². The smallest absolute Gasteiger partial charge is 0.184 e. The molecule has 0 bridgehead atoms. The summed E-state index contributed by atoms with van der Waals surface area (Å²) in [4.78, 5) is 12.3. The van der Waals surface area contributed by atoms with Gasteiger partial charge in [0.2, 0.25) is 0 Å². The van der Waals surface area contributed by atoms with E-state index in [9.17, 15) is 4.79 Å². The van der Waals surface area contributed by atoms with Crippen LogP contribution in [-0.2, 0) is 9.53 Å². The molecule has 3 saturated carbocycles. The molecule has 4 aliphatic carbocycles. The molecule has 0 heterocycles. The Morgan fingerprint density at radius 2 is 1.96 bits per heavy atom. The molecule has 0 N–H and O–H groups in total. The lowest BCUT2D eigenvalue weighted by molar-refractivity contribution is -0.130. The summed E-state index contributed by atoms with van der Waals surface area (Å²) in [5, 5.41) is 9.16. The Morgan fingerprint density at radius 1 is 1.20 bits per heavy atom. The summed E-state index contributed by atoms with van der Waals surface area (Å²) in [6, 6.07) is 2.29. The highest BCUT2D eigenvalue weighted by Crippen LogP contribution is 2.66. The number of nitrogens with zero attached hydrogens (tertiary/aromatic N) is 1. The van der Waals surface area contributed by atoms with Crippen LogP contribution < -0.4 is 0 Å². The van der Waals surface area contributed by atoms with Crippen LogP contribution in [0.5, 0.6) is 0 Å². The minimum Gasteiger partial charge on any atom is -0.373 e. The number of hydrogen-bond donors (Lipinski definition) is 0. The van der Waals surface area contributed by atoms with E-state index in [1.807, 2.05) is 12.2 Å². The van der Waals surface area contributed by atoms with Crippen LogP contribution in [0.15, 0.2) is 23.3 Å². The molecule has 4 rings (SSSR count). The van der Waals surface area contributed by atoms with Gasteiger partial charge in [0.1, 0.15) is 6.10 Å². The van der Waals surface area contributed by atoms with Gasteiger partial charge in [-0.2, -0.15) is 5.26 Å². The predicted octanol–water partition coefficient (Wildman–Crippen LogP) is 4.59. The molecule has 0 spiro atoms. The summed E-state index contributed by atoms with van der Waals surface area (Å²) < 4.78 is 5.51. The molecule has 0 aromatic heterocycles. The van der Waals surface area contributed by atoms with Crippen LogP contribution in [-0.4, -0.2) is 19.0 Å². The predicted molar refractivity (Wildman–Crippen MR) is 96.6 cm³/mol. The Balaban J connectivity index is 1.68. The lowest BCUT2D eigenvalue weighted by Gasteiger charge is -2.58. The highest BCUT2D eigenvalue weighted by atomic mass is 16.5. The maximum absolute atomic E-state index is 12.3. The summed E-state index contributed by atoms with van der Waals surface area (Å²) in [6.45, 7) is 4.79. The second-order valence-electron chi connectivity index (χ2n) is 9.13. The fraction of sp³-hybridized carbons (Fsp3) is 0.727. The zero-order valence-electron chi connectivity index (χ0n) is 15.7. The third-order valence-corrected chi connectivity index (χ3v) is 8.35. The number of carbonyl (C=O) groups is 1. The molecular weight excluding hydrogens is 310 g/mol. The molecule has 6 atom stereocenters. The monoisotopic (exact) mass is 339 g/mol. The van der Waals surface area contributed by atoms with Gasteiger partial charge in [-0.05, 0) is 79.6 Å². The third-order valence-electron chi connectivity index (χ3n) is 8.35. The summed E-state index contributed by atoms with van der Waals surface area (Å²) in [5.74, 6) is 2.23. The average molecular weight is 339 g/mol. The first-order valence-corrected chi connectivity index (χ1v) is 9.81. The SMILES string of the molecule is COC1CC2(C)C(=CC1=O)CCC1C3CCC(=CC#N)C3(C)CCC12. The minimum atomic E-state index is -0.265. The number of hydrogen-bond acceptors (Lipinski definition) is 3. The van der Waals surface area contributed by atoms with E-state index < -0.39 is 0 Å². The van der Waals surface area contributed by atoms with Crippen molar-refractivity contribution in [1.82, 2.24) is 0 Å².